The van der Waals surface area contributed by atoms with Gasteiger partial charge in [-0.1, -0.05) is 6.07 Å². The van der Waals surface area contributed by atoms with Crippen LogP contribution in [0.25, 0.3) is 0 Å². The van der Waals surface area contributed by atoms with E-state index < -0.39 is 5.60 Å². The van der Waals surface area contributed by atoms with Crippen molar-refractivity contribution in [3.05, 3.63) is 29.3 Å². The van der Waals surface area contributed by atoms with Crippen LogP contribution in [0.3, 0.4) is 0 Å². The summed E-state index contributed by atoms with van der Waals surface area (Å²) in [5.41, 5.74) is 2.35. The second kappa shape index (κ2) is 6.37. The van der Waals surface area contributed by atoms with Crippen LogP contribution in [0.5, 0.6) is 0 Å². The smallest absolute Gasteiger partial charge is 0.241 e. The summed E-state index contributed by atoms with van der Waals surface area (Å²) in [5.74, 6) is -0.0694. The Morgan fingerprint density at radius 2 is 1.95 bits per heavy atom. The number of hydrogen-bond donors (Lipinski definition) is 2. The van der Waals surface area contributed by atoms with Crippen LogP contribution >= 0.6 is 0 Å². The van der Waals surface area contributed by atoms with E-state index in [4.69, 9.17) is 0 Å². The van der Waals surface area contributed by atoms with Crippen molar-refractivity contribution in [1.82, 2.24) is 4.90 Å². The Morgan fingerprint density at radius 3 is 2.45 bits per heavy atom. The summed E-state index contributed by atoms with van der Waals surface area (Å²) in [6.45, 7) is 9.81. The van der Waals surface area contributed by atoms with Crippen LogP contribution in [0.4, 0.5) is 5.69 Å². The lowest BCUT2D eigenvalue weighted by molar-refractivity contribution is -0.121. The Bertz CT molecular complexity index is 478. The summed E-state index contributed by atoms with van der Waals surface area (Å²) in [7, 11) is 1.84. The van der Waals surface area contributed by atoms with Crippen molar-refractivity contribution < 1.29 is 9.90 Å². The van der Waals surface area contributed by atoms with Crippen molar-refractivity contribution in [3.63, 3.8) is 0 Å². The molecule has 1 amide bonds. The topological polar surface area (TPSA) is 52.6 Å². The Labute approximate surface area is 121 Å². The first kappa shape index (κ1) is 16.7. The van der Waals surface area contributed by atoms with Gasteiger partial charge in [0, 0.05) is 12.2 Å². The van der Waals surface area contributed by atoms with Gasteiger partial charge in [-0.15, -0.1) is 0 Å². The van der Waals surface area contributed by atoms with Crippen molar-refractivity contribution in [2.45, 2.75) is 46.3 Å². The lowest BCUT2D eigenvalue weighted by Crippen LogP contribution is -2.46. The van der Waals surface area contributed by atoms with Gasteiger partial charge in [-0.2, -0.15) is 0 Å². The summed E-state index contributed by atoms with van der Waals surface area (Å²) in [6, 6.07) is 5.57. The van der Waals surface area contributed by atoms with Gasteiger partial charge in [0.2, 0.25) is 5.91 Å². The molecule has 1 rings (SSSR count). The van der Waals surface area contributed by atoms with Crippen molar-refractivity contribution in [3.8, 4) is 0 Å². The number of nitrogens with zero attached hydrogens (tertiary/aromatic N) is 1. The molecule has 112 valence electrons. The van der Waals surface area contributed by atoms with E-state index >= 15 is 0 Å². The van der Waals surface area contributed by atoms with Gasteiger partial charge in [0.1, 0.15) is 0 Å². The zero-order chi connectivity index (χ0) is 15.5. The summed E-state index contributed by atoms with van der Waals surface area (Å²) in [4.78, 5) is 14.0. The molecule has 0 saturated carbocycles. The number of rotatable bonds is 5. The maximum Gasteiger partial charge on any atom is 0.241 e. The average molecular weight is 278 g/mol. The second-order valence-electron chi connectivity index (χ2n) is 6.19. The molecule has 1 aromatic carbocycles. The van der Waals surface area contributed by atoms with E-state index in [9.17, 15) is 9.90 Å². The number of amides is 1. The first-order valence-corrected chi connectivity index (χ1v) is 6.91. The highest BCUT2D eigenvalue weighted by Gasteiger charge is 2.23. The minimum Gasteiger partial charge on any atom is -0.389 e. The van der Waals surface area contributed by atoms with E-state index in [0.29, 0.717) is 6.54 Å². The molecule has 0 radical (unpaired) electrons. The minimum absolute atomic E-state index is 0.0694. The molecule has 20 heavy (non-hydrogen) atoms. The third-order valence-electron chi connectivity index (χ3n) is 3.45. The molecule has 1 atom stereocenters. The summed E-state index contributed by atoms with van der Waals surface area (Å²) in [6.07, 6.45) is 0. The maximum atomic E-state index is 12.2. The predicted molar refractivity (Wildman–Crippen MR) is 82.9 cm³/mol. The molecule has 0 aliphatic rings. The summed E-state index contributed by atoms with van der Waals surface area (Å²) in [5, 5.41) is 12.7. The van der Waals surface area contributed by atoms with Crippen LogP contribution in [0.15, 0.2) is 18.2 Å². The normalized spacial score (nSPS) is 13.4. The SMILES string of the molecule is Cc1ccc(NC(=O)C(C)N(C)CC(C)(C)O)cc1C. The van der Waals surface area contributed by atoms with Crippen LogP contribution < -0.4 is 5.32 Å². The van der Waals surface area contributed by atoms with Crippen molar-refractivity contribution in [1.29, 1.82) is 0 Å². The number of aliphatic hydroxyl groups is 1. The van der Waals surface area contributed by atoms with Crippen LogP contribution in [0.1, 0.15) is 31.9 Å². The Kier molecular flexibility index (Phi) is 5.31. The minimum atomic E-state index is -0.816. The van der Waals surface area contributed by atoms with Gasteiger partial charge in [0.15, 0.2) is 0 Å². The number of carbonyl (C=O) groups excluding carboxylic acids is 1. The first-order chi connectivity index (χ1) is 9.10. The fourth-order valence-electron chi connectivity index (χ4n) is 2.01. The molecule has 0 spiro atoms. The van der Waals surface area contributed by atoms with Gasteiger partial charge in [0.05, 0.1) is 11.6 Å². The number of benzene rings is 1. The molecule has 4 heteroatoms. The Hall–Kier alpha value is -1.39. The lowest BCUT2D eigenvalue weighted by Gasteiger charge is -2.29. The molecule has 1 unspecified atom stereocenters. The number of hydrogen-bond acceptors (Lipinski definition) is 3. The molecule has 4 nitrogen and oxygen atoms in total. The van der Waals surface area contributed by atoms with E-state index in [2.05, 4.69) is 5.32 Å². The Balaban J connectivity index is 2.68. The second-order valence-corrected chi connectivity index (χ2v) is 6.19. The predicted octanol–water partition coefficient (Wildman–Crippen LogP) is 2.33. The van der Waals surface area contributed by atoms with Gasteiger partial charge in [-0.3, -0.25) is 9.69 Å². The summed E-state index contributed by atoms with van der Waals surface area (Å²) >= 11 is 0. The van der Waals surface area contributed by atoms with Crippen LogP contribution in [-0.2, 0) is 4.79 Å². The number of aryl methyl sites for hydroxylation is 2. The van der Waals surface area contributed by atoms with Crippen molar-refractivity contribution in [2.75, 3.05) is 18.9 Å². The van der Waals surface area contributed by atoms with Gasteiger partial charge < -0.3 is 10.4 Å². The highest BCUT2D eigenvalue weighted by Crippen LogP contribution is 2.15. The average Bonchev–Trinajstić information content (AvgIpc) is 2.30. The highest BCUT2D eigenvalue weighted by atomic mass is 16.3. The van der Waals surface area contributed by atoms with E-state index in [0.717, 1.165) is 11.3 Å². The molecule has 0 heterocycles. The molecular weight excluding hydrogens is 252 g/mol. The lowest BCUT2D eigenvalue weighted by atomic mass is 10.1. The number of carbonyl (C=O) groups is 1. The fraction of sp³-hybridized carbons (Fsp3) is 0.562. The largest absolute Gasteiger partial charge is 0.389 e. The van der Waals surface area contributed by atoms with E-state index in [-0.39, 0.29) is 11.9 Å². The molecule has 0 bridgehead atoms. The van der Waals surface area contributed by atoms with Crippen LogP contribution in [-0.4, -0.2) is 41.1 Å². The molecular formula is C16H26N2O2. The molecule has 2 N–H and O–H groups in total. The third kappa shape index (κ3) is 4.94. The zero-order valence-corrected chi connectivity index (χ0v) is 13.3. The quantitative estimate of drug-likeness (QED) is 0.869. The number of likely N-dealkylation sites (N-methyl/N-ethyl adjacent to an activating group) is 1. The Morgan fingerprint density at radius 1 is 1.35 bits per heavy atom. The highest BCUT2D eigenvalue weighted by molar-refractivity contribution is 5.94. The number of nitrogens with one attached hydrogen (secondary N) is 1. The molecule has 0 aliphatic heterocycles. The van der Waals surface area contributed by atoms with E-state index in [1.807, 2.05) is 50.9 Å². The van der Waals surface area contributed by atoms with Gasteiger partial charge >= 0.3 is 0 Å². The zero-order valence-electron chi connectivity index (χ0n) is 13.3. The van der Waals surface area contributed by atoms with Gasteiger partial charge in [0.25, 0.3) is 0 Å². The summed E-state index contributed by atoms with van der Waals surface area (Å²) < 4.78 is 0. The monoisotopic (exact) mass is 278 g/mol. The van der Waals surface area contributed by atoms with Crippen LogP contribution in [0.2, 0.25) is 0 Å². The first-order valence-electron chi connectivity index (χ1n) is 6.91. The van der Waals surface area contributed by atoms with E-state index in [1.165, 1.54) is 5.56 Å². The molecule has 0 aliphatic carbocycles. The standard InChI is InChI=1S/C16H26N2O2/c1-11-7-8-14(9-12(11)2)17-15(19)13(3)18(6)10-16(4,5)20/h7-9,13,20H,10H2,1-6H3,(H,17,19). The van der Waals surface area contributed by atoms with Gasteiger partial charge in [-0.25, -0.2) is 0 Å². The fourth-order valence-corrected chi connectivity index (χ4v) is 2.01. The van der Waals surface area contributed by atoms with Gasteiger partial charge in [-0.05, 0) is 64.9 Å². The molecule has 0 fully saturated rings. The van der Waals surface area contributed by atoms with Crippen molar-refractivity contribution >= 4 is 11.6 Å². The molecule has 1 aromatic rings. The van der Waals surface area contributed by atoms with Crippen molar-refractivity contribution in [2.24, 2.45) is 0 Å². The maximum absolute atomic E-state index is 12.2. The molecule has 0 aromatic heterocycles. The number of anilines is 1. The van der Waals surface area contributed by atoms with E-state index in [1.54, 1.807) is 13.8 Å². The third-order valence-corrected chi connectivity index (χ3v) is 3.45. The van der Waals surface area contributed by atoms with Crippen LogP contribution in [0, 0.1) is 13.8 Å². The molecule has 0 saturated heterocycles.